The SMILES string of the molecule is COCCn1cnc2ccc(Sc3cnc(N4CCC5(CC4)CO[C@@H](I)[C@H]5N)cn3)c(Cl)c2c1=O. The number of rotatable bonds is 6. The summed E-state index contributed by atoms with van der Waals surface area (Å²) in [7, 11) is 1.59. The van der Waals surface area contributed by atoms with Crippen LogP contribution in [-0.2, 0) is 16.0 Å². The minimum atomic E-state index is -0.190. The third-order valence-electron chi connectivity index (χ3n) is 6.86. The van der Waals surface area contributed by atoms with E-state index >= 15 is 0 Å². The molecule has 12 heteroatoms. The van der Waals surface area contributed by atoms with Crippen molar-refractivity contribution in [3.05, 3.63) is 46.2 Å². The largest absolute Gasteiger partial charge is 0.383 e. The minimum Gasteiger partial charge on any atom is -0.383 e. The normalized spacial score (nSPS) is 21.8. The van der Waals surface area contributed by atoms with Gasteiger partial charge in [-0.1, -0.05) is 23.4 Å². The molecule has 186 valence electrons. The zero-order valence-corrected chi connectivity index (χ0v) is 22.9. The van der Waals surface area contributed by atoms with Crippen LogP contribution < -0.4 is 16.2 Å². The maximum absolute atomic E-state index is 12.9. The number of hydrogen-bond donors (Lipinski definition) is 1. The number of alkyl halides is 1. The maximum atomic E-state index is 12.9. The van der Waals surface area contributed by atoms with Gasteiger partial charge in [-0.2, -0.15) is 0 Å². The Balaban J connectivity index is 1.30. The first-order chi connectivity index (χ1) is 16.9. The van der Waals surface area contributed by atoms with Gasteiger partial charge in [-0.3, -0.25) is 9.36 Å². The summed E-state index contributed by atoms with van der Waals surface area (Å²) in [5.74, 6) is 0.845. The highest BCUT2D eigenvalue weighted by molar-refractivity contribution is 14.1. The summed E-state index contributed by atoms with van der Waals surface area (Å²) in [6.45, 7) is 3.31. The van der Waals surface area contributed by atoms with Crippen molar-refractivity contribution in [2.24, 2.45) is 11.1 Å². The molecule has 1 aromatic carbocycles. The van der Waals surface area contributed by atoms with E-state index in [0.29, 0.717) is 34.1 Å². The van der Waals surface area contributed by atoms with Crippen molar-refractivity contribution in [1.82, 2.24) is 19.5 Å². The monoisotopic (exact) mass is 628 g/mol. The van der Waals surface area contributed by atoms with E-state index in [0.717, 1.165) is 43.3 Å². The van der Waals surface area contributed by atoms with E-state index in [-0.39, 0.29) is 21.1 Å². The molecule has 2 aromatic heterocycles. The third-order valence-corrected chi connectivity index (χ3v) is 9.48. The number of anilines is 1. The molecule has 0 unspecified atom stereocenters. The lowest BCUT2D eigenvalue weighted by molar-refractivity contribution is 0.127. The van der Waals surface area contributed by atoms with Crippen LogP contribution in [0.2, 0.25) is 5.02 Å². The molecule has 2 aliphatic heterocycles. The molecule has 2 aliphatic rings. The van der Waals surface area contributed by atoms with Crippen LogP contribution in [0.15, 0.2) is 45.6 Å². The average molecular weight is 629 g/mol. The molecule has 0 amide bonds. The molecule has 0 aliphatic carbocycles. The predicted octanol–water partition coefficient (Wildman–Crippen LogP) is 3.34. The van der Waals surface area contributed by atoms with Crippen molar-refractivity contribution in [3.8, 4) is 0 Å². The van der Waals surface area contributed by atoms with Crippen molar-refractivity contribution in [1.29, 1.82) is 0 Å². The predicted molar refractivity (Wildman–Crippen MR) is 145 cm³/mol. The summed E-state index contributed by atoms with van der Waals surface area (Å²) in [5.41, 5.74) is 6.86. The second kappa shape index (κ2) is 10.5. The van der Waals surface area contributed by atoms with Crippen LogP contribution >= 0.6 is 46.0 Å². The summed E-state index contributed by atoms with van der Waals surface area (Å²) in [6.07, 6.45) is 7.02. The Kier molecular flexibility index (Phi) is 7.52. The highest BCUT2D eigenvalue weighted by Crippen LogP contribution is 2.43. The lowest BCUT2D eigenvalue weighted by Gasteiger charge is -2.41. The Bertz CT molecular complexity index is 1270. The fourth-order valence-electron chi connectivity index (χ4n) is 4.63. The van der Waals surface area contributed by atoms with Crippen LogP contribution in [0.1, 0.15) is 12.8 Å². The molecule has 0 bridgehead atoms. The van der Waals surface area contributed by atoms with Gasteiger partial charge in [-0.15, -0.1) is 0 Å². The summed E-state index contributed by atoms with van der Waals surface area (Å²) in [5, 5.41) is 1.46. The smallest absolute Gasteiger partial charge is 0.262 e. The third kappa shape index (κ3) is 4.90. The molecule has 4 heterocycles. The zero-order valence-electron chi connectivity index (χ0n) is 19.2. The number of benzene rings is 1. The quantitative estimate of drug-likeness (QED) is 0.325. The Morgan fingerprint density at radius 1 is 1.29 bits per heavy atom. The molecule has 2 saturated heterocycles. The van der Waals surface area contributed by atoms with Gasteiger partial charge in [0.25, 0.3) is 5.56 Å². The highest BCUT2D eigenvalue weighted by Gasteiger charge is 2.48. The second-order valence-corrected chi connectivity index (χ2v) is 11.5. The molecule has 3 aromatic rings. The summed E-state index contributed by atoms with van der Waals surface area (Å²) >= 11 is 10.3. The fraction of sp³-hybridized carbons (Fsp3) is 0.478. The van der Waals surface area contributed by atoms with Crippen LogP contribution in [0.5, 0.6) is 0 Å². The molecule has 35 heavy (non-hydrogen) atoms. The molecule has 9 nitrogen and oxygen atoms in total. The molecular weight excluding hydrogens is 603 g/mol. The molecule has 2 N–H and O–H groups in total. The van der Waals surface area contributed by atoms with Gasteiger partial charge in [0.15, 0.2) is 0 Å². The first-order valence-corrected chi connectivity index (χ1v) is 13.8. The lowest BCUT2D eigenvalue weighted by Crippen LogP contribution is -2.50. The number of aromatic nitrogens is 4. The van der Waals surface area contributed by atoms with Gasteiger partial charge in [-0.25, -0.2) is 15.0 Å². The molecule has 2 atom stereocenters. The van der Waals surface area contributed by atoms with Crippen molar-refractivity contribution in [2.75, 3.05) is 38.3 Å². The van der Waals surface area contributed by atoms with Gasteiger partial charge >= 0.3 is 0 Å². The van der Waals surface area contributed by atoms with Crippen molar-refractivity contribution in [2.45, 2.75) is 39.5 Å². The Morgan fingerprint density at radius 2 is 2.09 bits per heavy atom. The topological polar surface area (TPSA) is 108 Å². The first-order valence-electron chi connectivity index (χ1n) is 11.3. The van der Waals surface area contributed by atoms with Gasteiger partial charge in [0.1, 0.15) is 15.0 Å². The number of nitrogens with two attached hydrogens (primary N) is 1. The molecular formula is C23H26ClIN6O3S. The molecule has 5 rings (SSSR count). The zero-order chi connectivity index (χ0) is 24.6. The fourth-order valence-corrected chi connectivity index (χ4v) is 6.70. The van der Waals surface area contributed by atoms with Crippen LogP contribution in [0.25, 0.3) is 10.9 Å². The second-order valence-electron chi connectivity index (χ2n) is 8.86. The van der Waals surface area contributed by atoms with Crippen molar-refractivity contribution >= 4 is 62.7 Å². The van der Waals surface area contributed by atoms with E-state index in [1.165, 1.54) is 22.7 Å². The van der Waals surface area contributed by atoms with E-state index in [4.69, 9.17) is 26.8 Å². The minimum absolute atomic E-state index is 0.0649. The Labute approximate surface area is 225 Å². The van der Waals surface area contributed by atoms with Gasteiger partial charge in [0.2, 0.25) is 0 Å². The summed E-state index contributed by atoms with van der Waals surface area (Å²) in [6, 6.07) is 3.73. The van der Waals surface area contributed by atoms with E-state index < -0.39 is 0 Å². The first kappa shape index (κ1) is 25.2. The lowest BCUT2D eigenvalue weighted by atomic mass is 9.75. The molecule has 2 fully saturated rings. The number of methoxy groups -OCH3 is 1. The van der Waals surface area contributed by atoms with Gasteiger partial charge in [0, 0.05) is 36.6 Å². The van der Waals surface area contributed by atoms with Crippen molar-refractivity contribution < 1.29 is 9.47 Å². The number of ether oxygens (including phenoxy) is 2. The van der Waals surface area contributed by atoms with Gasteiger partial charge in [-0.05, 0) is 47.6 Å². The van der Waals surface area contributed by atoms with E-state index in [9.17, 15) is 4.79 Å². The standard InChI is InChI=1S/C23H26ClIN6O3S/c1-33-9-8-31-13-29-14-2-3-15(19(24)18(14)22(31)32)35-17-11-27-16(10-28-17)30-6-4-23(5-7-30)12-34-21(25)20(23)26/h2-3,10-11,13,20-21H,4-9,12,26H2,1H3/t20-,21-/m1/s1. The maximum Gasteiger partial charge on any atom is 0.262 e. The van der Waals surface area contributed by atoms with Crippen LogP contribution in [-0.4, -0.2) is 63.1 Å². The Morgan fingerprint density at radius 3 is 2.74 bits per heavy atom. The number of piperidine rings is 1. The molecule has 0 saturated carbocycles. The number of halogens is 2. The number of fused-ring (bicyclic) bond motifs is 1. The van der Waals surface area contributed by atoms with Gasteiger partial charge in [0.05, 0.1) is 54.4 Å². The Hall–Kier alpha value is -1.51. The van der Waals surface area contributed by atoms with Crippen LogP contribution in [0, 0.1) is 5.41 Å². The number of hydrogen-bond acceptors (Lipinski definition) is 9. The van der Waals surface area contributed by atoms with E-state index in [1.807, 2.05) is 6.07 Å². The summed E-state index contributed by atoms with van der Waals surface area (Å²) < 4.78 is 12.5. The summed E-state index contributed by atoms with van der Waals surface area (Å²) in [4.78, 5) is 29.5. The molecule has 1 spiro atoms. The molecule has 0 radical (unpaired) electrons. The van der Waals surface area contributed by atoms with Crippen molar-refractivity contribution in [3.63, 3.8) is 0 Å². The van der Waals surface area contributed by atoms with E-state index in [1.54, 1.807) is 25.6 Å². The highest BCUT2D eigenvalue weighted by atomic mass is 127. The van der Waals surface area contributed by atoms with Crippen LogP contribution in [0.4, 0.5) is 5.82 Å². The number of nitrogens with zero attached hydrogens (tertiary/aromatic N) is 5. The van der Waals surface area contributed by atoms with Crippen LogP contribution in [0.3, 0.4) is 0 Å². The van der Waals surface area contributed by atoms with E-state index in [2.05, 4.69) is 42.4 Å². The van der Waals surface area contributed by atoms with Gasteiger partial charge < -0.3 is 20.1 Å². The average Bonchev–Trinajstić information content (AvgIpc) is 3.14.